The summed E-state index contributed by atoms with van der Waals surface area (Å²) in [5.74, 6) is -0.222. The zero-order chi connectivity index (χ0) is 15.9. The topological polar surface area (TPSA) is 21.3 Å². The van der Waals surface area contributed by atoms with Crippen LogP contribution in [0.3, 0.4) is 0 Å². The SMILES string of the molecule is CCCNC(Cc1ccc(F)c(Br)c1)C(C)(CC)OCC. The molecule has 1 N–H and O–H groups in total. The zero-order valence-corrected chi connectivity index (χ0v) is 15.1. The summed E-state index contributed by atoms with van der Waals surface area (Å²) in [5.41, 5.74) is 0.890. The predicted octanol–water partition coefficient (Wildman–Crippen LogP) is 4.70. The van der Waals surface area contributed by atoms with Gasteiger partial charge in [-0.1, -0.05) is 19.9 Å². The van der Waals surface area contributed by atoms with E-state index in [1.807, 2.05) is 19.1 Å². The van der Waals surface area contributed by atoms with E-state index in [9.17, 15) is 4.39 Å². The normalized spacial score (nSPS) is 15.7. The van der Waals surface area contributed by atoms with E-state index in [4.69, 9.17) is 4.74 Å². The van der Waals surface area contributed by atoms with E-state index < -0.39 is 0 Å². The highest BCUT2D eigenvalue weighted by atomic mass is 79.9. The lowest BCUT2D eigenvalue weighted by Gasteiger charge is -2.37. The largest absolute Gasteiger partial charge is 0.374 e. The van der Waals surface area contributed by atoms with Gasteiger partial charge in [0.1, 0.15) is 5.82 Å². The number of hydrogen-bond donors (Lipinski definition) is 1. The highest BCUT2D eigenvalue weighted by Gasteiger charge is 2.32. The minimum absolute atomic E-state index is 0.208. The Kier molecular flexibility index (Phi) is 7.85. The van der Waals surface area contributed by atoms with Crippen LogP contribution in [0, 0.1) is 5.82 Å². The first kappa shape index (κ1) is 18.6. The minimum Gasteiger partial charge on any atom is -0.374 e. The quantitative estimate of drug-likeness (QED) is 0.689. The highest BCUT2D eigenvalue weighted by molar-refractivity contribution is 9.10. The lowest BCUT2D eigenvalue weighted by atomic mass is 9.88. The van der Waals surface area contributed by atoms with Crippen LogP contribution in [-0.4, -0.2) is 24.8 Å². The molecule has 0 fully saturated rings. The van der Waals surface area contributed by atoms with E-state index in [0.717, 1.165) is 31.4 Å². The molecule has 0 aliphatic rings. The molecular weight excluding hydrogens is 333 g/mol. The van der Waals surface area contributed by atoms with E-state index >= 15 is 0 Å². The van der Waals surface area contributed by atoms with Gasteiger partial charge in [0.15, 0.2) is 0 Å². The Bertz CT molecular complexity index is 441. The van der Waals surface area contributed by atoms with Crippen LogP contribution >= 0.6 is 15.9 Å². The van der Waals surface area contributed by atoms with Crippen LogP contribution in [0.4, 0.5) is 4.39 Å². The van der Waals surface area contributed by atoms with Gasteiger partial charge in [-0.25, -0.2) is 4.39 Å². The number of ether oxygens (including phenoxy) is 1. The van der Waals surface area contributed by atoms with Crippen LogP contribution in [-0.2, 0) is 11.2 Å². The van der Waals surface area contributed by atoms with Crippen molar-refractivity contribution in [3.8, 4) is 0 Å². The first-order chi connectivity index (χ1) is 9.96. The maximum atomic E-state index is 13.4. The highest BCUT2D eigenvalue weighted by Crippen LogP contribution is 2.25. The van der Waals surface area contributed by atoms with Crippen LogP contribution < -0.4 is 5.32 Å². The molecule has 2 atom stereocenters. The monoisotopic (exact) mass is 359 g/mol. The molecule has 1 rings (SSSR count). The first-order valence-electron chi connectivity index (χ1n) is 7.78. The number of halogens is 2. The van der Waals surface area contributed by atoms with Crippen molar-refractivity contribution in [3.05, 3.63) is 34.1 Å². The first-order valence-corrected chi connectivity index (χ1v) is 8.57. The molecule has 0 aromatic heterocycles. The number of rotatable bonds is 9. The minimum atomic E-state index is -0.222. The smallest absolute Gasteiger partial charge is 0.137 e. The lowest BCUT2D eigenvalue weighted by molar-refractivity contribution is -0.0549. The van der Waals surface area contributed by atoms with E-state index in [2.05, 4.69) is 42.0 Å². The summed E-state index contributed by atoms with van der Waals surface area (Å²) in [7, 11) is 0. The van der Waals surface area contributed by atoms with Gasteiger partial charge in [0.2, 0.25) is 0 Å². The Balaban J connectivity index is 2.93. The van der Waals surface area contributed by atoms with Crippen LogP contribution in [0.2, 0.25) is 0 Å². The molecule has 0 aliphatic heterocycles. The third kappa shape index (κ3) is 5.35. The van der Waals surface area contributed by atoms with Crippen molar-refractivity contribution < 1.29 is 9.13 Å². The Morgan fingerprint density at radius 3 is 2.57 bits per heavy atom. The van der Waals surface area contributed by atoms with Gasteiger partial charge in [0, 0.05) is 12.6 Å². The maximum absolute atomic E-state index is 13.4. The molecule has 1 aromatic carbocycles. The fraction of sp³-hybridized carbons (Fsp3) is 0.647. The molecule has 0 saturated carbocycles. The second-order valence-electron chi connectivity index (χ2n) is 5.56. The van der Waals surface area contributed by atoms with Gasteiger partial charge in [0.25, 0.3) is 0 Å². The Hall–Kier alpha value is -0.450. The summed E-state index contributed by atoms with van der Waals surface area (Å²) in [4.78, 5) is 0. The summed E-state index contributed by atoms with van der Waals surface area (Å²) in [5, 5.41) is 3.59. The predicted molar refractivity (Wildman–Crippen MR) is 90.2 cm³/mol. The molecule has 0 aliphatic carbocycles. The van der Waals surface area contributed by atoms with Crippen LogP contribution in [0.1, 0.15) is 46.1 Å². The summed E-state index contributed by atoms with van der Waals surface area (Å²) in [6.45, 7) is 10.1. The second-order valence-corrected chi connectivity index (χ2v) is 6.41. The van der Waals surface area contributed by atoms with Gasteiger partial charge in [-0.15, -0.1) is 0 Å². The van der Waals surface area contributed by atoms with Crippen molar-refractivity contribution in [1.82, 2.24) is 5.32 Å². The molecule has 0 saturated heterocycles. The van der Waals surface area contributed by atoms with Gasteiger partial charge in [-0.2, -0.15) is 0 Å². The van der Waals surface area contributed by atoms with Crippen LogP contribution in [0.5, 0.6) is 0 Å². The summed E-state index contributed by atoms with van der Waals surface area (Å²) in [6.07, 6.45) is 2.84. The van der Waals surface area contributed by atoms with Gasteiger partial charge >= 0.3 is 0 Å². The van der Waals surface area contributed by atoms with Gasteiger partial charge in [0.05, 0.1) is 10.1 Å². The van der Waals surface area contributed by atoms with E-state index in [1.54, 1.807) is 0 Å². The zero-order valence-electron chi connectivity index (χ0n) is 13.5. The van der Waals surface area contributed by atoms with Crippen molar-refractivity contribution in [1.29, 1.82) is 0 Å². The summed E-state index contributed by atoms with van der Waals surface area (Å²) in [6, 6.07) is 5.43. The molecule has 0 radical (unpaired) electrons. The fourth-order valence-electron chi connectivity index (χ4n) is 2.50. The molecule has 120 valence electrons. The van der Waals surface area contributed by atoms with Gasteiger partial charge in [-0.05, 0) is 73.3 Å². The molecule has 0 amide bonds. The molecule has 2 unspecified atom stereocenters. The van der Waals surface area contributed by atoms with E-state index in [0.29, 0.717) is 11.1 Å². The Labute approximate surface area is 136 Å². The molecule has 0 bridgehead atoms. The summed E-state index contributed by atoms with van der Waals surface area (Å²) >= 11 is 3.26. The average molecular weight is 360 g/mol. The number of nitrogens with one attached hydrogen (secondary N) is 1. The van der Waals surface area contributed by atoms with Crippen molar-refractivity contribution in [2.24, 2.45) is 0 Å². The Morgan fingerprint density at radius 1 is 1.33 bits per heavy atom. The third-order valence-electron chi connectivity index (χ3n) is 3.98. The number of hydrogen-bond acceptors (Lipinski definition) is 2. The molecular formula is C17H27BrFNO. The molecule has 4 heteroatoms. The lowest BCUT2D eigenvalue weighted by Crippen LogP contribution is -2.51. The van der Waals surface area contributed by atoms with Crippen molar-refractivity contribution >= 4 is 15.9 Å². The third-order valence-corrected chi connectivity index (χ3v) is 4.59. The Morgan fingerprint density at radius 2 is 2.05 bits per heavy atom. The van der Waals surface area contributed by atoms with Crippen LogP contribution in [0.25, 0.3) is 0 Å². The maximum Gasteiger partial charge on any atom is 0.137 e. The van der Waals surface area contributed by atoms with Crippen molar-refractivity contribution in [2.45, 2.75) is 58.6 Å². The van der Waals surface area contributed by atoms with Crippen LogP contribution in [0.15, 0.2) is 22.7 Å². The fourth-order valence-corrected chi connectivity index (χ4v) is 2.93. The molecule has 21 heavy (non-hydrogen) atoms. The van der Waals surface area contributed by atoms with E-state index in [1.165, 1.54) is 6.07 Å². The standard InChI is InChI=1S/C17H27BrFNO/c1-5-10-20-16(17(4,6-2)21-7-3)12-13-8-9-15(19)14(18)11-13/h8-9,11,16,20H,5-7,10,12H2,1-4H3. The van der Waals surface area contributed by atoms with Crippen molar-refractivity contribution in [3.63, 3.8) is 0 Å². The van der Waals surface area contributed by atoms with Gasteiger partial charge < -0.3 is 10.1 Å². The second kappa shape index (κ2) is 8.86. The molecule has 0 heterocycles. The molecule has 0 spiro atoms. The van der Waals surface area contributed by atoms with Gasteiger partial charge in [-0.3, -0.25) is 0 Å². The number of benzene rings is 1. The average Bonchev–Trinajstić information content (AvgIpc) is 2.47. The molecule has 2 nitrogen and oxygen atoms in total. The molecule has 1 aromatic rings. The van der Waals surface area contributed by atoms with Crippen molar-refractivity contribution in [2.75, 3.05) is 13.2 Å². The summed E-state index contributed by atoms with van der Waals surface area (Å²) < 4.78 is 19.9. The van der Waals surface area contributed by atoms with E-state index in [-0.39, 0.29) is 17.5 Å².